The number of likely N-dealkylation sites (N-methyl/N-ethyl adjacent to an activating group) is 1. The Labute approximate surface area is 93.8 Å². The molecule has 2 rings (SSSR count). The molecule has 0 spiro atoms. The number of hydrogen-bond acceptors (Lipinski definition) is 3. The molecule has 3 heteroatoms. The van der Waals surface area contributed by atoms with Gasteiger partial charge in [-0.25, -0.2) is 0 Å². The highest BCUT2D eigenvalue weighted by Crippen LogP contribution is 2.25. The van der Waals surface area contributed by atoms with Crippen LogP contribution in [0, 0.1) is 0 Å². The number of likely N-dealkylation sites (tertiary alicyclic amines) is 2. The molecule has 1 N–H and O–H groups in total. The Morgan fingerprint density at radius 1 is 1.20 bits per heavy atom. The first-order valence-corrected chi connectivity index (χ1v) is 6.24. The van der Waals surface area contributed by atoms with E-state index in [1.807, 2.05) is 0 Å². The summed E-state index contributed by atoms with van der Waals surface area (Å²) in [4.78, 5) is 5.15. The summed E-state index contributed by atoms with van der Waals surface area (Å²) in [5, 5.41) is 3.46. The Hall–Kier alpha value is -0.120. The van der Waals surface area contributed by atoms with Gasteiger partial charge >= 0.3 is 0 Å². The fourth-order valence-corrected chi connectivity index (χ4v) is 2.84. The molecule has 1 unspecified atom stereocenters. The summed E-state index contributed by atoms with van der Waals surface area (Å²) in [7, 11) is 4.33. The molecule has 88 valence electrons. The highest BCUT2D eigenvalue weighted by molar-refractivity contribution is 4.92. The summed E-state index contributed by atoms with van der Waals surface area (Å²) in [6.07, 6.45) is 3.96. The van der Waals surface area contributed by atoms with E-state index in [2.05, 4.69) is 36.1 Å². The minimum atomic E-state index is 0.390. The van der Waals surface area contributed by atoms with Crippen molar-refractivity contribution in [1.29, 1.82) is 0 Å². The van der Waals surface area contributed by atoms with Crippen LogP contribution in [0.5, 0.6) is 0 Å². The lowest BCUT2D eigenvalue weighted by molar-refractivity contribution is 0.113. The summed E-state index contributed by atoms with van der Waals surface area (Å²) in [6.45, 7) is 7.46. The van der Waals surface area contributed by atoms with Gasteiger partial charge in [-0.05, 0) is 46.8 Å². The quantitative estimate of drug-likeness (QED) is 0.728. The van der Waals surface area contributed by atoms with Crippen LogP contribution >= 0.6 is 0 Å². The molecular weight excluding hydrogens is 186 g/mol. The molecule has 0 aromatic carbocycles. The number of hydrogen-bond donors (Lipinski definition) is 1. The van der Waals surface area contributed by atoms with Crippen LogP contribution in [0.1, 0.15) is 26.2 Å². The molecule has 0 amide bonds. The van der Waals surface area contributed by atoms with E-state index < -0.39 is 0 Å². The predicted molar refractivity (Wildman–Crippen MR) is 64.2 cm³/mol. The summed E-state index contributed by atoms with van der Waals surface area (Å²) < 4.78 is 0. The van der Waals surface area contributed by atoms with Gasteiger partial charge < -0.3 is 10.2 Å². The van der Waals surface area contributed by atoms with E-state index in [0.29, 0.717) is 5.54 Å². The molecule has 2 heterocycles. The van der Waals surface area contributed by atoms with Crippen molar-refractivity contribution in [2.24, 2.45) is 0 Å². The van der Waals surface area contributed by atoms with Crippen LogP contribution in [0.4, 0.5) is 0 Å². The fourth-order valence-electron chi connectivity index (χ4n) is 2.84. The topological polar surface area (TPSA) is 18.5 Å². The normalized spacial score (nSPS) is 33.4. The lowest BCUT2D eigenvalue weighted by Crippen LogP contribution is -2.52. The molecular formula is C12H25N3. The predicted octanol–water partition coefficient (Wildman–Crippen LogP) is 0.764. The monoisotopic (exact) mass is 211 g/mol. The summed E-state index contributed by atoms with van der Waals surface area (Å²) >= 11 is 0. The highest BCUT2D eigenvalue weighted by Gasteiger charge is 2.33. The lowest BCUT2D eigenvalue weighted by Gasteiger charge is -2.41. The van der Waals surface area contributed by atoms with Crippen molar-refractivity contribution in [3.05, 3.63) is 0 Å². The average Bonchev–Trinajstić information content (AvgIpc) is 2.66. The SMILES string of the molecule is CNC1(C)CCN(C2CCN(C)C2)CC1. The van der Waals surface area contributed by atoms with Gasteiger partial charge in [0, 0.05) is 31.2 Å². The van der Waals surface area contributed by atoms with Gasteiger partial charge in [-0.1, -0.05) is 0 Å². The molecule has 1 atom stereocenters. The maximum absolute atomic E-state index is 3.46. The second kappa shape index (κ2) is 4.40. The Kier molecular flexibility index (Phi) is 3.33. The van der Waals surface area contributed by atoms with Crippen LogP contribution in [0.3, 0.4) is 0 Å². The minimum Gasteiger partial charge on any atom is -0.314 e. The number of nitrogens with one attached hydrogen (secondary N) is 1. The molecule has 15 heavy (non-hydrogen) atoms. The van der Waals surface area contributed by atoms with E-state index >= 15 is 0 Å². The average molecular weight is 211 g/mol. The van der Waals surface area contributed by atoms with Crippen molar-refractivity contribution in [3.63, 3.8) is 0 Å². The third kappa shape index (κ3) is 2.52. The van der Waals surface area contributed by atoms with Crippen molar-refractivity contribution in [3.8, 4) is 0 Å². The lowest BCUT2D eigenvalue weighted by atomic mass is 9.89. The Balaban J connectivity index is 1.83. The van der Waals surface area contributed by atoms with Crippen LogP contribution < -0.4 is 5.32 Å². The molecule has 2 aliphatic heterocycles. The molecule has 0 bridgehead atoms. The van der Waals surface area contributed by atoms with Gasteiger partial charge in [0.25, 0.3) is 0 Å². The van der Waals surface area contributed by atoms with Gasteiger partial charge in [-0.2, -0.15) is 0 Å². The van der Waals surface area contributed by atoms with Crippen molar-refractivity contribution < 1.29 is 0 Å². The standard InChI is InChI=1S/C12H25N3/c1-12(13-2)5-8-15(9-6-12)11-4-7-14(3)10-11/h11,13H,4-10H2,1-3H3. The molecule has 0 aromatic heterocycles. The summed E-state index contributed by atoms with van der Waals surface area (Å²) in [5.41, 5.74) is 0.390. The Morgan fingerprint density at radius 3 is 2.33 bits per heavy atom. The third-order valence-electron chi connectivity index (χ3n) is 4.39. The Morgan fingerprint density at radius 2 is 1.87 bits per heavy atom. The zero-order valence-corrected chi connectivity index (χ0v) is 10.4. The summed E-state index contributed by atoms with van der Waals surface area (Å²) in [6, 6.07) is 0.830. The van der Waals surface area contributed by atoms with E-state index in [9.17, 15) is 0 Å². The third-order valence-corrected chi connectivity index (χ3v) is 4.39. The van der Waals surface area contributed by atoms with E-state index in [4.69, 9.17) is 0 Å². The van der Waals surface area contributed by atoms with Crippen LogP contribution in [0.15, 0.2) is 0 Å². The van der Waals surface area contributed by atoms with Crippen molar-refractivity contribution in [2.45, 2.75) is 37.8 Å². The van der Waals surface area contributed by atoms with Gasteiger partial charge in [0.15, 0.2) is 0 Å². The van der Waals surface area contributed by atoms with Crippen LogP contribution in [-0.2, 0) is 0 Å². The van der Waals surface area contributed by atoms with Crippen LogP contribution in [-0.4, -0.2) is 61.7 Å². The Bertz CT molecular complexity index is 209. The molecule has 0 radical (unpaired) electrons. The fraction of sp³-hybridized carbons (Fsp3) is 1.00. The van der Waals surface area contributed by atoms with Crippen molar-refractivity contribution in [2.75, 3.05) is 40.3 Å². The maximum atomic E-state index is 3.46. The largest absolute Gasteiger partial charge is 0.314 e. The molecule has 0 saturated carbocycles. The summed E-state index contributed by atoms with van der Waals surface area (Å²) in [5.74, 6) is 0. The van der Waals surface area contributed by atoms with Crippen molar-refractivity contribution >= 4 is 0 Å². The van der Waals surface area contributed by atoms with Gasteiger partial charge in [0.1, 0.15) is 0 Å². The van der Waals surface area contributed by atoms with Crippen LogP contribution in [0.2, 0.25) is 0 Å². The maximum Gasteiger partial charge on any atom is 0.0235 e. The van der Waals surface area contributed by atoms with Crippen LogP contribution in [0.25, 0.3) is 0 Å². The first-order chi connectivity index (χ1) is 7.13. The number of rotatable bonds is 2. The van der Waals surface area contributed by atoms with Gasteiger partial charge in [-0.3, -0.25) is 4.90 Å². The molecule has 0 aromatic rings. The molecule has 2 fully saturated rings. The van der Waals surface area contributed by atoms with E-state index in [-0.39, 0.29) is 0 Å². The second-order valence-electron chi connectivity index (χ2n) is 5.55. The molecule has 0 aliphatic carbocycles. The minimum absolute atomic E-state index is 0.390. The first-order valence-electron chi connectivity index (χ1n) is 6.24. The van der Waals surface area contributed by atoms with E-state index in [1.54, 1.807) is 0 Å². The number of nitrogens with zero attached hydrogens (tertiary/aromatic N) is 2. The van der Waals surface area contributed by atoms with Gasteiger partial charge in [-0.15, -0.1) is 0 Å². The van der Waals surface area contributed by atoms with Gasteiger partial charge in [0.05, 0.1) is 0 Å². The second-order valence-corrected chi connectivity index (χ2v) is 5.55. The van der Waals surface area contributed by atoms with E-state index in [1.165, 1.54) is 45.4 Å². The first kappa shape index (κ1) is 11.4. The van der Waals surface area contributed by atoms with Gasteiger partial charge in [0.2, 0.25) is 0 Å². The highest BCUT2D eigenvalue weighted by atomic mass is 15.2. The molecule has 3 nitrogen and oxygen atoms in total. The van der Waals surface area contributed by atoms with Crippen molar-refractivity contribution in [1.82, 2.24) is 15.1 Å². The molecule has 2 aliphatic rings. The van der Waals surface area contributed by atoms with E-state index in [0.717, 1.165) is 6.04 Å². The number of piperidine rings is 1. The smallest absolute Gasteiger partial charge is 0.0235 e. The zero-order chi connectivity index (χ0) is 10.9. The zero-order valence-electron chi connectivity index (χ0n) is 10.4. The molecule has 2 saturated heterocycles.